The van der Waals surface area contributed by atoms with Crippen molar-refractivity contribution in [2.75, 3.05) is 219 Å². The van der Waals surface area contributed by atoms with Crippen LogP contribution in [0.15, 0.2) is 12.7 Å². The molecule has 0 bridgehead atoms. The molecule has 0 unspecified atom stereocenters. The van der Waals surface area contributed by atoms with Gasteiger partial charge in [0.15, 0.2) is 0 Å². The lowest BCUT2D eigenvalue weighted by Crippen LogP contribution is -2.29. The number of rotatable bonds is 51. The average molecular weight is 847 g/mol. The van der Waals surface area contributed by atoms with E-state index in [2.05, 4.69) is 12.0 Å². The van der Waals surface area contributed by atoms with E-state index in [1.165, 1.54) is 0 Å². The third-order valence-electron chi connectivity index (χ3n) is 7.23. The molecule has 344 valence electrons. The Bertz CT molecular complexity index is 912. The zero-order chi connectivity index (χ0) is 41.3. The molecule has 1 heterocycles. The first-order chi connectivity index (χ1) is 28.9. The summed E-state index contributed by atoms with van der Waals surface area (Å²) in [4.78, 5) is 0. The van der Waals surface area contributed by atoms with Crippen LogP contribution in [0.2, 0.25) is 0 Å². The number of aromatic nitrogens is 3. The van der Waals surface area contributed by atoms with Gasteiger partial charge < -0.3 is 80.5 Å². The molecule has 0 amide bonds. The van der Waals surface area contributed by atoms with Gasteiger partial charge in [0, 0.05) is 12.2 Å². The zero-order valence-corrected chi connectivity index (χ0v) is 35.5. The maximum Gasteiger partial charge on any atom is 0.265 e. The Morgan fingerprint density at radius 1 is 0.328 bits per heavy atom. The van der Waals surface area contributed by atoms with Crippen molar-refractivity contribution in [1.82, 2.24) is 9.78 Å². The third-order valence-corrected chi connectivity index (χ3v) is 7.23. The topological polar surface area (TPSA) is 179 Å². The molecule has 0 fully saturated rings. The van der Waals surface area contributed by atoms with Crippen LogP contribution in [0, 0.1) is 0 Å². The van der Waals surface area contributed by atoms with Crippen molar-refractivity contribution < 1.29 is 85.1 Å². The maximum atomic E-state index is 5.52. The van der Waals surface area contributed by atoms with E-state index in [0.29, 0.717) is 218 Å². The monoisotopic (exact) mass is 847 g/mol. The molecule has 0 N–H and O–H groups in total. The van der Waals surface area contributed by atoms with Gasteiger partial charge in [-0.2, -0.15) is 0 Å². The summed E-state index contributed by atoms with van der Waals surface area (Å²) in [5.74, 6) is 0. The van der Waals surface area contributed by atoms with E-state index < -0.39 is 0 Å². The van der Waals surface area contributed by atoms with Gasteiger partial charge in [-0.15, -0.1) is 0 Å². The molecule has 0 aliphatic carbocycles. The van der Waals surface area contributed by atoms with Crippen molar-refractivity contribution in [1.29, 1.82) is 0 Å². The highest BCUT2D eigenvalue weighted by Crippen LogP contribution is 1.89. The van der Waals surface area contributed by atoms with E-state index >= 15 is 0 Å². The van der Waals surface area contributed by atoms with E-state index in [1.54, 1.807) is 18.1 Å². The minimum absolute atomic E-state index is 0.408. The predicted molar refractivity (Wildman–Crippen MR) is 208 cm³/mol. The summed E-state index contributed by atoms with van der Waals surface area (Å²) >= 11 is 0. The molecule has 1 aromatic rings. The number of methoxy groups -OCH3 is 1. The second-order valence-corrected chi connectivity index (χ2v) is 11.8. The fraction of sp³-hybridized carbons (Fsp3) is 0.947. The van der Waals surface area contributed by atoms with Crippen LogP contribution in [0.5, 0.6) is 0 Å². The lowest BCUT2D eigenvalue weighted by Gasteiger charge is -2.09. The molecule has 0 saturated carbocycles. The molecule has 0 aliphatic rings. The SMILES string of the molecule is CC[n+]1cnn(COCCOCCOCCOCCOCCOCCOCCOCCOCCOCCOCCOCCOCCOCCOCCOCCOC)c1. The van der Waals surface area contributed by atoms with Crippen LogP contribution >= 0.6 is 0 Å². The quantitative estimate of drug-likeness (QED) is 0.0635. The minimum atomic E-state index is 0.408. The maximum absolute atomic E-state index is 5.52. The normalized spacial score (nSPS) is 11.7. The Balaban J connectivity index is 1.60. The largest absolute Gasteiger partial charge is 0.382 e. The number of aryl methyl sites for hydroxylation is 1. The molecule has 0 saturated heterocycles. The van der Waals surface area contributed by atoms with Gasteiger partial charge in [0.1, 0.15) is 0 Å². The second kappa shape index (κ2) is 48.1. The highest BCUT2D eigenvalue weighted by molar-refractivity contribution is 4.43. The molecule has 0 atom stereocenters. The molecule has 20 nitrogen and oxygen atoms in total. The Morgan fingerprint density at radius 3 is 0.724 bits per heavy atom. The van der Waals surface area contributed by atoms with Gasteiger partial charge in [0.25, 0.3) is 6.33 Å². The van der Waals surface area contributed by atoms with E-state index in [9.17, 15) is 0 Å². The highest BCUT2D eigenvalue weighted by atomic mass is 16.6. The first-order valence-corrected chi connectivity index (χ1v) is 20.5. The van der Waals surface area contributed by atoms with Gasteiger partial charge in [0.05, 0.1) is 218 Å². The summed E-state index contributed by atoms with van der Waals surface area (Å²) in [6.45, 7) is 19.8. The second-order valence-electron chi connectivity index (χ2n) is 11.8. The van der Waals surface area contributed by atoms with Crippen molar-refractivity contribution in [3.05, 3.63) is 12.7 Å². The van der Waals surface area contributed by atoms with E-state index in [-0.39, 0.29) is 0 Å². The highest BCUT2D eigenvalue weighted by Gasteiger charge is 2.03. The molecule has 20 heteroatoms. The fourth-order valence-electron chi connectivity index (χ4n) is 4.19. The average Bonchev–Trinajstić information content (AvgIpc) is 3.71. The van der Waals surface area contributed by atoms with Gasteiger partial charge in [0.2, 0.25) is 13.1 Å². The van der Waals surface area contributed by atoms with Crippen molar-refractivity contribution in [2.24, 2.45) is 0 Å². The number of ether oxygens (including phenoxy) is 17. The summed E-state index contributed by atoms with van der Waals surface area (Å²) in [5.41, 5.74) is 0. The van der Waals surface area contributed by atoms with Crippen molar-refractivity contribution in [3.8, 4) is 0 Å². The van der Waals surface area contributed by atoms with Crippen LogP contribution in [0.3, 0.4) is 0 Å². The molecule has 0 aliphatic heterocycles. The third kappa shape index (κ3) is 42.6. The number of nitrogens with zero attached hydrogens (tertiary/aromatic N) is 3. The van der Waals surface area contributed by atoms with Crippen molar-refractivity contribution >= 4 is 0 Å². The van der Waals surface area contributed by atoms with Crippen LogP contribution in [-0.4, -0.2) is 228 Å². The predicted octanol–water partition coefficient (Wildman–Crippen LogP) is 0.0600. The van der Waals surface area contributed by atoms with E-state index in [4.69, 9.17) is 80.5 Å². The first kappa shape index (κ1) is 54.5. The lowest BCUT2D eigenvalue weighted by atomic mass is 10.6. The van der Waals surface area contributed by atoms with Crippen LogP contribution in [0.4, 0.5) is 0 Å². The van der Waals surface area contributed by atoms with Crippen LogP contribution in [0.25, 0.3) is 0 Å². The molecule has 1 aromatic heterocycles. The molecule has 58 heavy (non-hydrogen) atoms. The summed E-state index contributed by atoms with van der Waals surface area (Å²) in [7, 11) is 1.64. The molecule has 0 spiro atoms. The summed E-state index contributed by atoms with van der Waals surface area (Å²) in [6.07, 6.45) is 3.67. The fourth-order valence-corrected chi connectivity index (χ4v) is 4.19. The van der Waals surface area contributed by atoms with Crippen LogP contribution in [0.1, 0.15) is 6.92 Å². The smallest absolute Gasteiger partial charge is 0.265 e. The van der Waals surface area contributed by atoms with Crippen LogP contribution in [-0.2, 0) is 93.8 Å². The van der Waals surface area contributed by atoms with Crippen molar-refractivity contribution in [2.45, 2.75) is 20.2 Å². The number of hydrogen-bond acceptors (Lipinski definition) is 18. The molecule has 1 rings (SSSR count). The summed E-state index contributed by atoms with van der Waals surface area (Å²) in [5, 5.41) is 4.19. The summed E-state index contributed by atoms with van der Waals surface area (Å²) < 4.78 is 96.2. The summed E-state index contributed by atoms with van der Waals surface area (Å²) in [6, 6.07) is 0. The van der Waals surface area contributed by atoms with E-state index in [1.807, 2.05) is 10.9 Å². The minimum Gasteiger partial charge on any atom is -0.382 e. The molecule has 0 radical (unpaired) electrons. The van der Waals surface area contributed by atoms with Crippen LogP contribution < -0.4 is 4.57 Å². The van der Waals surface area contributed by atoms with Gasteiger partial charge in [-0.3, -0.25) is 0 Å². The Hall–Kier alpha value is -1.54. The number of hydrogen-bond donors (Lipinski definition) is 0. The Kier molecular flexibility index (Phi) is 45.2. The lowest BCUT2D eigenvalue weighted by molar-refractivity contribution is -0.694. The zero-order valence-electron chi connectivity index (χ0n) is 35.5. The molecular formula is C38H76N3O17+. The Labute approximate surface area is 346 Å². The molecule has 0 aromatic carbocycles. The molecular weight excluding hydrogens is 770 g/mol. The van der Waals surface area contributed by atoms with Crippen molar-refractivity contribution in [3.63, 3.8) is 0 Å². The van der Waals surface area contributed by atoms with Gasteiger partial charge in [-0.05, 0) is 6.92 Å². The van der Waals surface area contributed by atoms with Gasteiger partial charge in [-0.25, -0.2) is 4.57 Å². The van der Waals surface area contributed by atoms with Gasteiger partial charge in [-0.1, -0.05) is 4.68 Å². The Morgan fingerprint density at radius 2 is 0.534 bits per heavy atom. The standard InChI is InChI=1S/C38H76N3O17/c1-3-40-36-39-41(37-40)38-58-35-34-57-33-32-56-31-30-55-29-28-54-27-26-53-25-24-52-23-22-51-21-20-50-19-18-49-17-16-48-15-14-47-13-12-46-11-10-45-9-8-44-7-6-43-5-4-42-2/h36-37H,3-35,38H2,1-2H3/q+1. The first-order valence-electron chi connectivity index (χ1n) is 20.5. The van der Waals surface area contributed by atoms with Gasteiger partial charge >= 0.3 is 0 Å². The van der Waals surface area contributed by atoms with E-state index in [0.717, 1.165) is 6.54 Å².